The molecule has 0 heterocycles. The van der Waals surface area contributed by atoms with Gasteiger partial charge in [0.15, 0.2) is 0 Å². The van der Waals surface area contributed by atoms with Crippen LogP contribution in [0.2, 0.25) is 0 Å². The van der Waals surface area contributed by atoms with Gasteiger partial charge >= 0.3 is 11.9 Å². The van der Waals surface area contributed by atoms with Crippen LogP contribution in [-0.4, -0.2) is 23.4 Å². The maximum Gasteiger partial charge on any atom is 0.308 e. The van der Waals surface area contributed by atoms with Crippen LogP contribution in [0.3, 0.4) is 0 Å². The van der Waals surface area contributed by atoms with Crippen molar-refractivity contribution in [1.82, 2.24) is 0 Å². The van der Waals surface area contributed by atoms with Crippen molar-refractivity contribution >= 4 is 23.7 Å². The van der Waals surface area contributed by atoms with E-state index in [4.69, 9.17) is 9.47 Å². The van der Waals surface area contributed by atoms with Gasteiger partial charge in [-0.2, -0.15) is 11.8 Å². The van der Waals surface area contributed by atoms with E-state index in [0.717, 1.165) is 35.5 Å². The number of hydrogen-bond donors (Lipinski definition) is 0. The number of aryl methyl sites for hydroxylation is 2. The normalized spacial score (nSPS) is 10.3. The van der Waals surface area contributed by atoms with Crippen LogP contribution in [0.5, 0.6) is 11.5 Å². The van der Waals surface area contributed by atoms with Crippen molar-refractivity contribution in [1.29, 1.82) is 0 Å². The molecule has 0 bridgehead atoms. The highest BCUT2D eigenvalue weighted by Crippen LogP contribution is 2.22. The Morgan fingerprint density at radius 3 is 1.56 bits per heavy atom. The molecule has 0 radical (unpaired) electrons. The topological polar surface area (TPSA) is 52.6 Å². The van der Waals surface area contributed by atoms with Crippen LogP contribution in [0.4, 0.5) is 0 Å². The van der Waals surface area contributed by atoms with Crippen molar-refractivity contribution in [3.8, 4) is 11.5 Å². The van der Waals surface area contributed by atoms with Crippen LogP contribution in [-0.2, 0) is 22.4 Å². The maximum absolute atomic E-state index is 11.1. The summed E-state index contributed by atoms with van der Waals surface area (Å²) in [7, 11) is 0. The molecule has 0 spiro atoms. The van der Waals surface area contributed by atoms with Crippen LogP contribution in [0.15, 0.2) is 48.5 Å². The van der Waals surface area contributed by atoms with Crippen LogP contribution < -0.4 is 9.47 Å². The van der Waals surface area contributed by atoms with Crippen LogP contribution in [0.1, 0.15) is 25.0 Å². The Labute approximate surface area is 152 Å². The number of carbonyl (C=O) groups excluding carboxylic acids is 2. The third kappa shape index (κ3) is 6.63. The first-order chi connectivity index (χ1) is 12.1. The summed E-state index contributed by atoms with van der Waals surface area (Å²) in [5.41, 5.74) is 2.07. The van der Waals surface area contributed by atoms with Crippen LogP contribution in [0, 0.1) is 0 Å². The minimum absolute atomic E-state index is 0.304. The Hall–Kier alpha value is -2.27. The Morgan fingerprint density at radius 2 is 1.16 bits per heavy atom. The van der Waals surface area contributed by atoms with Crippen LogP contribution in [0.25, 0.3) is 0 Å². The molecule has 5 heteroatoms. The second kappa shape index (κ2) is 9.89. The highest BCUT2D eigenvalue weighted by atomic mass is 32.2. The molecule has 25 heavy (non-hydrogen) atoms. The summed E-state index contributed by atoms with van der Waals surface area (Å²) in [6, 6.07) is 15.2. The fraction of sp³-hybridized carbons (Fsp3) is 0.300. The quantitative estimate of drug-likeness (QED) is 0.405. The van der Waals surface area contributed by atoms with Gasteiger partial charge in [0.2, 0.25) is 0 Å². The molecular weight excluding hydrogens is 336 g/mol. The summed E-state index contributed by atoms with van der Waals surface area (Å²) in [5.74, 6) is 2.51. The number of esters is 2. The standard InChI is InChI=1S/C20H22O4S/c1-15(21)23-19-9-5-3-7-17(19)11-13-25-14-12-18-8-4-6-10-20(18)24-16(2)22/h3-10H,11-14H2,1-2H3. The summed E-state index contributed by atoms with van der Waals surface area (Å²) in [6.07, 6.45) is 1.67. The van der Waals surface area contributed by atoms with Crippen molar-refractivity contribution in [3.63, 3.8) is 0 Å². The summed E-state index contributed by atoms with van der Waals surface area (Å²) >= 11 is 1.82. The lowest BCUT2D eigenvalue weighted by Crippen LogP contribution is -2.05. The predicted molar refractivity (Wildman–Crippen MR) is 100 cm³/mol. The largest absolute Gasteiger partial charge is 0.426 e. The molecule has 0 aliphatic carbocycles. The Balaban J connectivity index is 1.81. The van der Waals surface area contributed by atoms with E-state index in [1.807, 2.05) is 60.3 Å². The minimum atomic E-state index is -0.304. The number of rotatable bonds is 8. The highest BCUT2D eigenvalue weighted by Gasteiger charge is 2.07. The molecule has 2 aromatic rings. The number of ether oxygens (including phenoxy) is 2. The van der Waals surface area contributed by atoms with Crippen molar-refractivity contribution < 1.29 is 19.1 Å². The first-order valence-electron chi connectivity index (χ1n) is 8.16. The van der Waals surface area contributed by atoms with E-state index >= 15 is 0 Å². The number of hydrogen-bond acceptors (Lipinski definition) is 5. The van der Waals surface area contributed by atoms with Gasteiger partial charge in [0.05, 0.1) is 0 Å². The molecule has 0 aliphatic rings. The number of thioether (sulfide) groups is 1. The van der Waals surface area contributed by atoms with Gasteiger partial charge in [0, 0.05) is 13.8 Å². The lowest BCUT2D eigenvalue weighted by Gasteiger charge is -2.10. The third-order valence-corrected chi connectivity index (χ3v) is 4.47. The molecule has 0 saturated heterocycles. The summed E-state index contributed by atoms with van der Waals surface area (Å²) in [6.45, 7) is 2.82. The Kier molecular flexibility index (Phi) is 7.54. The van der Waals surface area contributed by atoms with Gasteiger partial charge < -0.3 is 9.47 Å². The molecule has 132 valence electrons. The maximum atomic E-state index is 11.1. The van der Waals surface area contributed by atoms with Crippen molar-refractivity contribution in [2.45, 2.75) is 26.7 Å². The zero-order valence-electron chi connectivity index (χ0n) is 14.5. The minimum Gasteiger partial charge on any atom is -0.426 e. The van der Waals surface area contributed by atoms with E-state index in [-0.39, 0.29) is 11.9 Å². The molecule has 0 aliphatic heterocycles. The first kappa shape index (κ1) is 19.1. The van der Waals surface area contributed by atoms with E-state index in [2.05, 4.69) is 0 Å². The molecule has 0 amide bonds. The molecule has 0 aromatic heterocycles. The second-order valence-electron chi connectivity index (χ2n) is 5.52. The SMILES string of the molecule is CC(=O)Oc1ccccc1CCSCCc1ccccc1OC(C)=O. The second-order valence-corrected chi connectivity index (χ2v) is 6.74. The average molecular weight is 358 g/mol. The number of para-hydroxylation sites is 2. The fourth-order valence-corrected chi connectivity index (χ4v) is 3.33. The van der Waals surface area contributed by atoms with Gasteiger partial charge in [-0.05, 0) is 47.6 Å². The van der Waals surface area contributed by atoms with E-state index in [1.165, 1.54) is 13.8 Å². The van der Waals surface area contributed by atoms with Gasteiger partial charge in [-0.1, -0.05) is 36.4 Å². The number of benzene rings is 2. The smallest absolute Gasteiger partial charge is 0.308 e. The molecular formula is C20H22O4S. The summed E-state index contributed by atoms with van der Waals surface area (Å²) < 4.78 is 10.5. The molecule has 0 N–H and O–H groups in total. The number of carbonyl (C=O) groups is 2. The lowest BCUT2D eigenvalue weighted by molar-refractivity contribution is -0.132. The highest BCUT2D eigenvalue weighted by molar-refractivity contribution is 7.99. The lowest BCUT2D eigenvalue weighted by atomic mass is 10.1. The summed E-state index contributed by atoms with van der Waals surface area (Å²) in [5, 5.41) is 0. The predicted octanol–water partition coefficient (Wildman–Crippen LogP) is 4.06. The van der Waals surface area contributed by atoms with Gasteiger partial charge in [0.25, 0.3) is 0 Å². The van der Waals surface area contributed by atoms with Gasteiger partial charge in [-0.15, -0.1) is 0 Å². The molecule has 4 nitrogen and oxygen atoms in total. The van der Waals surface area contributed by atoms with Crippen molar-refractivity contribution in [3.05, 3.63) is 59.7 Å². The van der Waals surface area contributed by atoms with Gasteiger partial charge in [-0.25, -0.2) is 0 Å². The van der Waals surface area contributed by atoms with E-state index in [1.54, 1.807) is 0 Å². The van der Waals surface area contributed by atoms with Crippen molar-refractivity contribution in [2.24, 2.45) is 0 Å². The monoisotopic (exact) mass is 358 g/mol. The zero-order valence-corrected chi connectivity index (χ0v) is 15.3. The molecule has 2 rings (SSSR count). The molecule has 0 unspecified atom stereocenters. The molecule has 0 fully saturated rings. The molecule has 0 saturated carbocycles. The first-order valence-corrected chi connectivity index (χ1v) is 9.32. The molecule has 2 aromatic carbocycles. The molecule has 0 atom stereocenters. The Bertz CT molecular complexity index is 666. The summed E-state index contributed by atoms with van der Waals surface area (Å²) in [4.78, 5) is 22.3. The van der Waals surface area contributed by atoms with Gasteiger partial charge in [-0.3, -0.25) is 9.59 Å². The van der Waals surface area contributed by atoms with Gasteiger partial charge in [0.1, 0.15) is 11.5 Å². The Morgan fingerprint density at radius 1 is 0.760 bits per heavy atom. The third-order valence-electron chi connectivity index (χ3n) is 3.48. The van der Waals surface area contributed by atoms with E-state index in [9.17, 15) is 9.59 Å². The van der Waals surface area contributed by atoms with Crippen LogP contribution >= 0.6 is 11.8 Å². The fourth-order valence-electron chi connectivity index (χ4n) is 2.40. The van der Waals surface area contributed by atoms with Crippen molar-refractivity contribution in [2.75, 3.05) is 11.5 Å². The average Bonchev–Trinajstić information content (AvgIpc) is 2.56. The van der Waals surface area contributed by atoms with E-state index < -0.39 is 0 Å². The zero-order chi connectivity index (χ0) is 18.1. The van der Waals surface area contributed by atoms with E-state index in [0.29, 0.717) is 11.5 Å².